The first-order valence-electron chi connectivity index (χ1n) is 5.83. The lowest BCUT2D eigenvalue weighted by molar-refractivity contribution is -0.114. The van der Waals surface area contributed by atoms with Crippen molar-refractivity contribution in [2.45, 2.75) is 13.8 Å². The van der Waals surface area contributed by atoms with Crippen LogP contribution in [0.5, 0.6) is 0 Å². The summed E-state index contributed by atoms with van der Waals surface area (Å²) in [6, 6.07) is 7.86. The average molecular weight is 309 g/mol. The number of carbonyl (C=O) groups excluding carboxylic acids is 1. The maximum atomic E-state index is 11.0. The van der Waals surface area contributed by atoms with Crippen molar-refractivity contribution in [2.75, 3.05) is 5.32 Å². The number of imidazole rings is 1. The molecule has 20 heavy (non-hydrogen) atoms. The van der Waals surface area contributed by atoms with Crippen LogP contribution >= 0.6 is 23.7 Å². The van der Waals surface area contributed by atoms with Gasteiger partial charge in [0.2, 0.25) is 5.91 Å². The Morgan fingerprint density at radius 1 is 1.30 bits per heavy atom. The van der Waals surface area contributed by atoms with Gasteiger partial charge in [0.1, 0.15) is 0 Å². The number of nitrogens with zero attached hydrogens (tertiary/aromatic N) is 2. The van der Waals surface area contributed by atoms with Crippen LogP contribution in [0.25, 0.3) is 21.7 Å². The highest BCUT2D eigenvalue weighted by molar-refractivity contribution is 7.19. The maximum Gasteiger partial charge on any atom is 0.223 e. The molecule has 0 radical (unpaired) electrons. The first kappa shape index (κ1) is 14.5. The number of aromatic nitrogens is 3. The molecule has 2 heterocycles. The molecule has 1 amide bonds. The number of aromatic amines is 1. The van der Waals surface area contributed by atoms with Crippen molar-refractivity contribution >= 4 is 45.8 Å². The van der Waals surface area contributed by atoms with Crippen molar-refractivity contribution in [3.8, 4) is 10.7 Å². The van der Waals surface area contributed by atoms with Crippen LogP contribution in [0, 0.1) is 6.92 Å². The molecule has 0 bridgehead atoms. The minimum Gasteiger partial charge on any atom is -0.337 e. The van der Waals surface area contributed by atoms with E-state index < -0.39 is 0 Å². The SMILES string of the molecule is CC(=O)Nc1nc(C)c(-c2nc3ccccc3[nH]2)s1.Cl. The molecule has 0 fully saturated rings. The van der Waals surface area contributed by atoms with Crippen molar-refractivity contribution in [1.82, 2.24) is 15.0 Å². The maximum absolute atomic E-state index is 11.0. The van der Waals surface area contributed by atoms with Gasteiger partial charge in [-0.05, 0) is 19.1 Å². The van der Waals surface area contributed by atoms with Crippen LogP contribution in [0.15, 0.2) is 24.3 Å². The van der Waals surface area contributed by atoms with Gasteiger partial charge in [0.15, 0.2) is 11.0 Å². The smallest absolute Gasteiger partial charge is 0.223 e. The van der Waals surface area contributed by atoms with Gasteiger partial charge in [0, 0.05) is 6.92 Å². The Morgan fingerprint density at radius 3 is 2.75 bits per heavy atom. The number of hydrogen-bond donors (Lipinski definition) is 2. The van der Waals surface area contributed by atoms with Gasteiger partial charge >= 0.3 is 0 Å². The molecule has 1 aromatic carbocycles. The van der Waals surface area contributed by atoms with E-state index in [1.54, 1.807) is 0 Å². The number of carbonyl (C=O) groups is 1. The number of amides is 1. The van der Waals surface area contributed by atoms with Gasteiger partial charge in [-0.25, -0.2) is 9.97 Å². The quantitative estimate of drug-likeness (QED) is 0.762. The van der Waals surface area contributed by atoms with Crippen LogP contribution in [0.3, 0.4) is 0 Å². The minimum absolute atomic E-state index is 0. The number of hydrogen-bond acceptors (Lipinski definition) is 4. The van der Waals surface area contributed by atoms with Crippen molar-refractivity contribution in [1.29, 1.82) is 0 Å². The topological polar surface area (TPSA) is 70.7 Å². The number of thiazole rings is 1. The minimum atomic E-state index is -0.120. The fraction of sp³-hybridized carbons (Fsp3) is 0.154. The fourth-order valence-corrected chi connectivity index (χ4v) is 2.84. The van der Waals surface area contributed by atoms with Gasteiger partial charge in [-0.2, -0.15) is 0 Å². The highest BCUT2D eigenvalue weighted by Gasteiger charge is 2.13. The number of fused-ring (bicyclic) bond motifs is 1. The lowest BCUT2D eigenvalue weighted by Crippen LogP contribution is -2.04. The zero-order chi connectivity index (χ0) is 13.4. The molecule has 7 heteroatoms. The van der Waals surface area contributed by atoms with Crippen molar-refractivity contribution in [2.24, 2.45) is 0 Å². The molecule has 0 spiro atoms. The predicted molar refractivity (Wildman–Crippen MR) is 83.5 cm³/mol. The summed E-state index contributed by atoms with van der Waals surface area (Å²) in [4.78, 5) is 24.1. The summed E-state index contributed by atoms with van der Waals surface area (Å²) in [6.07, 6.45) is 0. The molecular weight excluding hydrogens is 296 g/mol. The number of aryl methyl sites for hydroxylation is 1. The number of rotatable bonds is 2. The third-order valence-electron chi connectivity index (χ3n) is 2.68. The first-order chi connectivity index (χ1) is 9.13. The first-order valence-corrected chi connectivity index (χ1v) is 6.65. The summed E-state index contributed by atoms with van der Waals surface area (Å²) >= 11 is 1.42. The lowest BCUT2D eigenvalue weighted by atomic mass is 10.3. The lowest BCUT2D eigenvalue weighted by Gasteiger charge is -1.92. The van der Waals surface area contributed by atoms with Crippen LogP contribution in [0.2, 0.25) is 0 Å². The van der Waals surface area contributed by atoms with Gasteiger partial charge in [0.25, 0.3) is 0 Å². The molecule has 0 unspecified atom stereocenters. The van der Waals surface area contributed by atoms with Gasteiger partial charge in [0.05, 0.1) is 21.6 Å². The van der Waals surface area contributed by atoms with Gasteiger partial charge in [-0.15, -0.1) is 12.4 Å². The Hall–Kier alpha value is -1.92. The Morgan fingerprint density at radius 2 is 2.05 bits per heavy atom. The highest BCUT2D eigenvalue weighted by Crippen LogP contribution is 2.31. The molecule has 0 saturated carbocycles. The molecule has 0 aliphatic rings. The van der Waals surface area contributed by atoms with Crippen LogP contribution in [-0.4, -0.2) is 20.9 Å². The van der Waals surface area contributed by atoms with Crippen LogP contribution in [0.4, 0.5) is 5.13 Å². The van der Waals surface area contributed by atoms with E-state index in [1.807, 2.05) is 31.2 Å². The molecule has 2 N–H and O–H groups in total. The fourth-order valence-electron chi connectivity index (χ4n) is 1.88. The largest absolute Gasteiger partial charge is 0.337 e. The molecule has 0 atom stereocenters. The second-order valence-electron chi connectivity index (χ2n) is 4.22. The second-order valence-corrected chi connectivity index (χ2v) is 5.22. The van der Waals surface area contributed by atoms with Crippen LogP contribution < -0.4 is 5.32 Å². The van der Waals surface area contributed by atoms with Gasteiger partial charge in [-0.3, -0.25) is 4.79 Å². The third-order valence-corrected chi connectivity index (χ3v) is 3.76. The predicted octanol–water partition coefficient (Wildman–Crippen LogP) is 3.38. The van der Waals surface area contributed by atoms with E-state index in [9.17, 15) is 4.79 Å². The summed E-state index contributed by atoms with van der Waals surface area (Å²) in [6.45, 7) is 3.38. The molecular formula is C13H13ClN4OS. The summed E-state index contributed by atoms with van der Waals surface area (Å²) in [5, 5.41) is 3.29. The van der Waals surface area contributed by atoms with E-state index in [2.05, 4.69) is 20.3 Å². The zero-order valence-electron chi connectivity index (χ0n) is 10.9. The van der Waals surface area contributed by atoms with Crippen LogP contribution in [-0.2, 0) is 4.79 Å². The zero-order valence-corrected chi connectivity index (χ0v) is 12.6. The van der Waals surface area contributed by atoms with Crippen molar-refractivity contribution in [3.63, 3.8) is 0 Å². The monoisotopic (exact) mass is 308 g/mol. The Balaban J connectivity index is 0.00000147. The summed E-state index contributed by atoms with van der Waals surface area (Å²) in [5.74, 6) is 0.665. The number of halogens is 1. The molecule has 0 aliphatic heterocycles. The number of para-hydroxylation sites is 2. The van der Waals surface area contributed by atoms with Crippen molar-refractivity contribution < 1.29 is 4.79 Å². The molecule has 104 valence electrons. The molecule has 3 aromatic rings. The molecule has 0 aliphatic carbocycles. The Labute approximate surface area is 125 Å². The Bertz CT molecular complexity index is 732. The second kappa shape index (κ2) is 5.60. The van der Waals surface area contributed by atoms with E-state index in [4.69, 9.17) is 0 Å². The van der Waals surface area contributed by atoms with E-state index in [0.717, 1.165) is 27.4 Å². The summed E-state index contributed by atoms with van der Waals surface area (Å²) in [7, 11) is 0. The van der Waals surface area contributed by atoms with E-state index in [0.29, 0.717) is 5.13 Å². The summed E-state index contributed by atoms with van der Waals surface area (Å²) in [5.41, 5.74) is 2.77. The Kier molecular flexibility index (Phi) is 4.06. The van der Waals surface area contributed by atoms with E-state index in [1.165, 1.54) is 18.3 Å². The average Bonchev–Trinajstić information content (AvgIpc) is 2.91. The molecule has 3 rings (SSSR count). The number of anilines is 1. The molecule has 0 saturated heterocycles. The number of benzene rings is 1. The van der Waals surface area contributed by atoms with Crippen LogP contribution in [0.1, 0.15) is 12.6 Å². The standard InChI is InChI=1S/C13H12N4OS.ClH/c1-7-11(19-13(14-7)15-8(2)18)12-16-9-5-3-4-6-10(9)17-12;/h3-6H,1-2H3,(H,16,17)(H,14,15,18);1H. The van der Waals surface area contributed by atoms with Crippen molar-refractivity contribution in [3.05, 3.63) is 30.0 Å². The van der Waals surface area contributed by atoms with E-state index in [-0.39, 0.29) is 18.3 Å². The van der Waals surface area contributed by atoms with Gasteiger partial charge < -0.3 is 10.3 Å². The molecule has 5 nitrogen and oxygen atoms in total. The van der Waals surface area contributed by atoms with E-state index >= 15 is 0 Å². The number of H-pyrrole nitrogens is 1. The molecule has 2 aromatic heterocycles. The number of nitrogens with one attached hydrogen (secondary N) is 2. The van der Waals surface area contributed by atoms with Gasteiger partial charge in [-0.1, -0.05) is 23.5 Å². The summed E-state index contributed by atoms with van der Waals surface area (Å²) < 4.78 is 0. The normalized spacial score (nSPS) is 10.3. The third kappa shape index (κ3) is 2.66. The highest BCUT2D eigenvalue weighted by atomic mass is 35.5.